The third kappa shape index (κ3) is 4.66. The molecule has 0 aromatic rings. The quantitative estimate of drug-likeness (QED) is 0.302. The van der Waals surface area contributed by atoms with Crippen molar-refractivity contribution in [3.63, 3.8) is 0 Å². The van der Waals surface area contributed by atoms with Gasteiger partial charge in [0.05, 0.1) is 25.4 Å². The summed E-state index contributed by atoms with van der Waals surface area (Å²) in [4.78, 5) is 0. The van der Waals surface area contributed by atoms with Crippen molar-refractivity contribution < 1.29 is 20.4 Å². The van der Waals surface area contributed by atoms with Crippen LogP contribution in [-0.4, -0.2) is 52.9 Å². The highest BCUT2D eigenvalue weighted by molar-refractivity contribution is 4.80. The molecule has 64 valence electrons. The van der Waals surface area contributed by atoms with Crippen LogP contribution in [0.5, 0.6) is 0 Å². The molecule has 6 N–H and O–H groups in total. The van der Waals surface area contributed by atoms with Gasteiger partial charge in [0, 0.05) is 7.11 Å². The Hall–Kier alpha value is -0.200. The van der Waals surface area contributed by atoms with Gasteiger partial charge in [0.1, 0.15) is 0 Å². The largest absolute Gasteiger partial charge is 0.400 e. The summed E-state index contributed by atoms with van der Waals surface area (Å²) in [5.74, 6) is 0. The summed E-state index contributed by atoms with van der Waals surface area (Å²) >= 11 is 0. The van der Waals surface area contributed by atoms with Crippen molar-refractivity contribution in [3.05, 3.63) is 0 Å². The van der Waals surface area contributed by atoms with Gasteiger partial charge in [-0.2, -0.15) is 0 Å². The van der Waals surface area contributed by atoms with E-state index in [0.29, 0.717) is 0 Å². The number of aliphatic hydroxyl groups is 4. The minimum Gasteiger partial charge on any atom is -0.400 e. The fraction of sp³-hybridized carbons (Fsp3) is 1.00. The predicted molar refractivity (Wildman–Crippen MR) is 36.3 cm³/mol. The van der Waals surface area contributed by atoms with Crippen LogP contribution >= 0.6 is 0 Å². The zero-order valence-corrected chi connectivity index (χ0v) is 5.99. The summed E-state index contributed by atoms with van der Waals surface area (Å²) < 4.78 is 0. The number of nitrogens with two attached hydrogens (primary N) is 1. The molecule has 0 heterocycles. The maximum Gasteiger partial charge on any atom is 0.0856 e. The van der Waals surface area contributed by atoms with E-state index in [9.17, 15) is 0 Å². The SMILES string of the molecule is CO.NC(CO)(CO)CO. The average Bonchev–Trinajstić information content (AvgIpc) is 2.07. The molecule has 0 spiro atoms. The lowest BCUT2D eigenvalue weighted by Gasteiger charge is -2.20. The van der Waals surface area contributed by atoms with Gasteiger partial charge in [-0.05, 0) is 0 Å². The molecular formula is C5H15NO4. The Balaban J connectivity index is 0. The summed E-state index contributed by atoms with van der Waals surface area (Å²) in [7, 11) is 1.00. The molecule has 0 rings (SSSR count). The van der Waals surface area contributed by atoms with E-state index in [4.69, 9.17) is 26.2 Å². The lowest BCUT2D eigenvalue weighted by atomic mass is 10.1. The average molecular weight is 153 g/mol. The monoisotopic (exact) mass is 153 g/mol. The van der Waals surface area contributed by atoms with Gasteiger partial charge in [0.2, 0.25) is 0 Å². The van der Waals surface area contributed by atoms with Gasteiger partial charge in [-0.15, -0.1) is 0 Å². The zero-order chi connectivity index (χ0) is 8.62. The van der Waals surface area contributed by atoms with E-state index in [2.05, 4.69) is 0 Å². The van der Waals surface area contributed by atoms with Crippen molar-refractivity contribution in [3.8, 4) is 0 Å². The topological polar surface area (TPSA) is 107 Å². The van der Waals surface area contributed by atoms with Gasteiger partial charge < -0.3 is 26.2 Å². The number of aliphatic hydroxyl groups excluding tert-OH is 4. The van der Waals surface area contributed by atoms with Crippen molar-refractivity contribution in [2.75, 3.05) is 26.9 Å². The number of hydrogen-bond acceptors (Lipinski definition) is 5. The Bertz CT molecular complexity index is 56.4. The van der Waals surface area contributed by atoms with Crippen LogP contribution in [-0.2, 0) is 0 Å². The predicted octanol–water partition coefficient (Wildman–Crippen LogP) is -2.73. The van der Waals surface area contributed by atoms with Gasteiger partial charge in [0.15, 0.2) is 0 Å². The molecule has 0 aromatic heterocycles. The maximum atomic E-state index is 8.34. The van der Waals surface area contributed by atoms with Crippen LogP contribution in [0, 0.1) is 0 Å². The highest BCUT2D eigenvalue weighted by Crippen LogP contribution is 1.93. The maximum absolute atomic E-state index is 8.34. The molecule has 0 bridgehead atoms. The highest BCUT2D eigenvalue weighted by atomic mass is 16.3. The third-order valence-corrected chi connectivity index (χ3v) is 0.945. The lowest BCUT2D eigenvalue weighted by Crippen LogP contribution is -2.50. The van der Waals surface area contributed by atoms with Crippen LogP contribution in [0.25, 0.3) is 0 Å². The fourth-order valence-corrected chi connectivity index (χ4v) is 0.150. The van der Waals surface area contributed by atoms with E-state index in [-0.39, 0.29) is 0 Å². The van der Waals surface area contributed by atoms with Crippen LogP contribution in [0.2, 0.25) is 0 Å². The van der Waals surface area contributed by atoms with E-state index in [1.54, 1.807) is 0 Å². The summed E-state index contributed by atoms with van der Waals surface area (Å²) in [6.45, 7) is -1.21. The first kappa shape index (κ1) is 12.5. The highest BCUT2D eigenvalue weighted by Gasteiger charge is 2.20. The second-order valence-corrected chi connectivity index (χ2v) is 1.84. The standard InChI is InChI=1S/C4H11NO3.CH4O/c5-4(1-6,2-7)3-8;1-2/h6-8H,1-3,5H2;2H,1H3. The summed E-state index contributed by atoms with van der Waals surface area (Å²) in [5, 5.41) is 32.0. The van der Waals surface area contributed by atoms with Gasteiger partial charge >= 0.3 is 0 Å². The van der Waals surface area contributed by atoms with Crippen LogP contribution in [0.1, 0.15) is 0 Å². The normalized spacial score (nSPS) is 10.2. The van der Waals surface area contributed by atoms with Crippen LogP contribution in [0.15, 0.2) is 0 Å². The first-order chi connectivity index (χ1) is 4.68. The van der Waals surface area contributed by atoms with E-state index in [1.165, 1.54) is 0 Å². The molecule has 0 fully saturated rings. The molecule has 0 saturated heterocycles. The smallest absolute Gasteiger partial charge is 0.0856 e. The Morgan fingerprint density at radius 1 is 1.00 bits per heavy atom. The molecular weight excluding hydrogens is 138 g/mol. The van der Waals surface area contributed by atoms with Gasteiger partial charge in [-0.25, -0.2) is 0 Å². The van der Waals surface area contributed by atoms with Gasteiger partial charge in [-0.3, -0.25) is 0 Å². The molecule has 0 aliphatic heterocycles. The van der Waals surface area contributed by atoms with Crippen LogP contribution in [0.4, 0.5) is 0 Å². The molecule has 0 aromatic carbocycles. The van der Waals surface area contributed by atoms with E-state index in [0.717, 1.165) is 7.11 Å². The Kier molecular flexibility index (Phi) is 8.62. The Morgan fingerprint density at radius 3 is 1.20 bits per heavy atom. The van der Waals surface area contributed by atoms with Crippen molar-refractivity contribution in [1.82, 2.24) is 0 Å². The number of hydrogen-bond donors (Lipinski definition) is 5. The molecule has 10 heavy (non-hydrogen) atoms. The second-order valence-electron chi connectivity index (χ2n) is 1.84. The summed E-state index contributed by atoms with van der Waals surface area (Å²) in [6.07, 6.45) is 0. The summed E-state index contributed by atoms with van der Waals surface area (Å²) in [6, 6.07) is 0. The Morgan fingerprint density at radius 2 is 1.20 bits per heavy atom. The molecule has 0 radical (unpaired) electrons. The molecule has 0 atom stereocenters. The van der Waals surface area contributed by atoms with Gasteiger partial charge in [-0.1, -0.05) is 0 Å². The lowest BCUT2D eigenvalue weighted by molar-refractivity contribution is 0.0698. The molecule has 0 aliphatic rings. The van der Waals surface area contributed by atoms with E-state index < -0.39 is 25.4 Å². The first-order valence-corrected chi connectivity index (χ1v) is 2.75. The van der Waals surface area contributed by atoms with Crippen molar-refractivity contribution in [2.45, 2.75) is 5.54 Å². The molecule has 0 amide bonds. The van der Waals surface area contributed by atoms with E-state index in [1.807, 2.05) is 0 Å². The first-order valence-electron chi connectivity index (χ1n) is 2.75. The third-order valence-electron chi connectivity index (χ3n) is 0.945. The van der Waals surface area contributed by atoms with Gasteiger partial charge in [0.25, 0.3) is 0 Å². The van der Waals surface area contributed by atoms with Crippen molar-refractivity contribution in [1.29, 1.82) is 0 Å². The fourth-order valence-electron chi connectivity index (χ4n) is 0.150. The zero-order valence-electron chi connectivity index (χ0n) is 5.99. The number of rotatable bonds is 3. The van der Waals surface area contributed by atoms with Crippen molar-refractivity contribution >= 4 is 0 Å². The van der Waals surface area contributed by atoms with E-state index >= 15 is 0 Å². The van der Waals surface area contributed by atoms with Crippen LogP contribution < -0.4 is 5.73 Å². The molecule has 0 aliphatic carbocycles. The minimum absolute atomic E-state index is 0.403. The summed E-state index contributed by atoms with van der Waals surface area (Å²) in [5.41, 5.74) is 3.94. The Labute approximate surface area is 59.7 Å². The molecule has 0 saturated carbocycles. The molecule has 5 nitrogen and oxygen atoms in total. The molecule has 5 heteroatoms. The minimum atomic E-state index is -1.21. The van der Waals surface area contributed by atoms with Crippen LogP contribution in [0.3, 0.4) is 0 Å². The molecule has 0 unspecified atom stereocenters. The second kappa shape index (κ2) is 6.91. The van der Waals surface area contributed by atoms with Crippen molar-refractivity contribution in [2.24, 2.45) is 5.73 Å².